The van der Waals surface area contributed by atoms with E-state index in [1.54, 1.807) is 7.11 Å². The van der Waals surface area contributed by atoms with Gasteiger partial charge >= 0.3 is 5.97 Å². The Balaban J connectivity index is 1.90. The van der Waals surface area contributed by atoms with E-state index < -0.39 is 11.4 Å². The van der Waals surface area contributed by atoms with Crippen LogP contribution >= 0.6 is 0 Å². The predicted molar refractivity (Wildman–Crippen MR) is 86.9 cm³/mol. The van der Waals surface area contributed by atoms with Crippen molar-refractivity contribution in [2.24, 2.45) is 0 Å². The van der Waals surface area contributed by atoms with Crippen molar-refractivity contribution in [3.05, 3.63) is 59.7 Å². The van der Waals surface area contributed by atoms with Gasteiger partial charge in [-0.05, 0) is 24.5 Å². The van der Waals surface area contributed by atoms with Crippen molar-refractivity contribution in [3.63, 3.8) is 0 Å². The fourth-order valence-corrected chi connectivity index (χ4v) is 3.08. The number of benzene rings is 2. The molecule has 0 atom stereocenters. The molecule has 4 nitrogen and oxygen atoms in total. The van der Waals surface area contributed by atoms with Gasteiger partial charge in [0.15, 0.2) is 11.5 Å². The lowest BCUT2D eigenvalue weighted by molar-refractivity contribution is -0.147. The number of hydrogen-bond donors (Lipinski definition) is 1. The van der Waals surface area contributed by atoms with Gasteiger partial charge in [-0.15, -0.1) is 0 Å². The van der Waals surface area contributed by atoms with Crippen LogP contribution in [-0.2, 0) is 16.8 Å². The largest absolute Gasteiger partial charge is 0.493 e. The summed E-state index contributed by atoms with van der Waals surface area (Å²) in [5.41, 5.74) is 0.929. The first-order valence-electron chi connectivity index (χ1n) is 7.75. The van der Waals surface area contributed by atoms with Gasteiger partial charge in [-0.3, -0.25) is 4.79 Å². The zero-order valence-electron chi connectivity index (χ0n) is 13.1. The number of ether oxygens (including phenoxy) is 2. The van der Waals surface area contributed by atoms with E-state index in [0.29, 0.717) is 36.5 Å². The number of carboxylic acids is 1. The fraction of sp³-hybridized carbons (Fsp3) is 0.316. The summed E-state index contributed by atoms with van der Waals surface area (Å²) in [6, 6.07) is 15.3. The summed E-state index contributed by atoms with van der Waals surface area (Å²) in [4.78, 5) is 11.8. The van der Waals surface area contributed by atoms with Crippen molar-refractivity contribution in [1.29, 1.82) is 0 Å². The Morgan fingerprint density at radius 2 is 1.87 bits per heavy atom. The molecule has 1 aliphatic carbocycles. The quantitative estimate of drug-likeness (QED) is 0.882. The number of carboxylic acid groups (broad SMARTS) is 1. The SMILES string of the molecule is COc1c(OCc2ccccc2)cccc1C1(C(=O)O)CCC1. The summed E-state index contributed by atoms with van der Waals surface area (Å²) in [6.45, 7) is 0.417. The molecule has 0 unspecified atom stereocenters. The summed E-state index contributed by atoms with van der Waals surface area (Å²) in [5.74, 6) is 0.328. The Bertz CT molecular complexity index is 690. The monoisotopic (exact) mass is 312 g/mol. The molecule has 2 aromatic rings. The lowest BCUT2D eigenvalue weighted by atomic mass is 9.64. The first-order valence-corrected chi connectivity index (χ1v) is 7.75. The predicted octanol–water partition coefficient (Wildman–Crippen LogP) is 3.78. The minimum Gasteiger partial charge on any atom is -0.493 e. The fourth-order valence-electron chi connectivity index (χ4n) is 3.08. The second-order valence-corrected chi connectivity index (χ2v) is 5.85. The molecular formula is C19H20O4. The molecule has 1 N–H and O–H groups in total. The zero-order chi connectivity index (χ0) is 16.3. The maximum atomic E-state index is 11.8. The molecule has 0 heterocycles. The lowest BCUT2D eigenvalue weighted by Crippen LogP contribution is -2.42. The molecule has 4 heteroatoms. The van der Waals surface area contributed by atoms with Gasteiger partial charge in [0.2, 0.25) is 0 Å². The highest BCUT2D eigenvalue weighted by atomic mass is 16.5. The second kappa shape index (κ2) is 6.32. The summed E-state index contributed by atoms with van der Waals surface area (Å²) in [7, 11) is 1.56. The Morgan fingerprint density at radius 1 is 1.13 bits per heavy atom. The molecule has 2 aromatic carbocycles. The van der Waals surface area contributed by atoms with Crippen LogP contribution in [0, 0.1) is 0 Å². The molecule has 0 bridgehead atoms. The van der Waals surface area contributed by atoms with Crippen molar-refractivity contribution >= 4 is 5.97 Å². The summed E-state index contributed by atoms with van der Waals surface area (Å²) < 4.78 is 11.4. The van der Waals surface area contributed by atoms with Crippen molar-refractivity contribution < 1.29 is 19.4 Å². The molecule has 120 valence electrons. The number of methoxy groups -OCH3 is 1. The van der Waals surface area contributed by atoms with Crippen LogP contribution in [0.1, 0.15) is 30.4 Å². The Kier molecular flexibility index (Phi) is 4.24. The van der Waals surface area contributed by atoms with Crippen LogP contribution < -0.4 is 9.47 Å². The van der Waals surface area contributed by atoms with Gasteiger partial charge in [0.1, 0.15) is 6.61 Å². The summed E-state index contributed by atoms with van der Waals surface area (Å²) >= 11 is 0. The first-order chi connectivity index (χ1) is 11.2. The average molecular weight is 312 g/mol. The Morgan fingerprint density at radius 3 is 2.43 bits per heavy atom. The number of aliphatic carboxylic acids is 1. The van der Waals surface area contributed by atoms with Gasteiger partial charge in [-0.25, -0.2) is 0 Å². The van der Waals surface area contributed by atoms with E-state index in [1.165, 1.54) is 0 Å². The van der Waals surface area contributed by atoms with Gasteiger partial charge in [-0.1, -0.05) is 48.9 Å². The van der Waals surface area contributed by atoms with Gasteiger partial charge in [-0.2, -0.15) is 0 Å². The normalized spacial score (nSPS) is 15.5. The third-order valence-corrected chi connectivity index (χ3v) is 4.55. The smallest absolute Gasteiger partial charge is 0.314 e. The van der Waals surface area contributed by atoms with Gasteiger partial charge in [0.25, 0.3) is 0 Å². The molecule has 0 saturated heterocycles. The molecule has 0 amide bonds. The molecule has 3 rings (SSSR count). The minimum absolute atomic E-state index is 0.417. The highest BCUT2D eigenvalue weighted by molar-refractivity contribution is 5.84. The van der Waals surface area contributed by atoms with E-state index in [1.807, 2.05) is 48.5 Å². The van der Waals surface area contributed by atoms with Crippen molar-refractivity contribution in [2.45, 2.75) is 31.3 Å². The third kappa shape index (κ3) is 2.77. The van der Waals surface area contributed by atoms with E-state index in [2.05, 4.69) is 0 Å². The molecule has 0 aliphatic heterocycles. The Hall–Kier alpha value is -2.49. The molecule has 0 spiro atoms. The van der Waals surface area contributed by atoms with Crippen LogP contribution in [0.4, 0.5) is 0 Å². The maximum Gasteiger partial charge on any atom is 0.314 e. The van der Waals surface area contributed by atoms with Crippen LogP contribution in [-0.4, -0.2) is 18.2 Å². The van der Waals surface area contributed by atoms with Crippen molar-refractivity contribution in [2.75, 3.05) is 7.11 Å². The lowest BCUT2D eigenvalue weighted by Gasteiger charge is -2.39. The van der Waals surface area contributed by atoms with Crippen molar-refractivity contribution in [1.82, 2.24) is 0 Å². The van der Waals surface area contributed by atoms with Crippen molar-refractivity contribution in [3.8, 4) is 11.5 Å². The van der Waals surface area contributed by atoms with E-state index in [-0.39, 0.29) is 0 Å². The first kappa shape index (κ1) is 15.4. The van der Waals surface area contributed by atoms with Gasteiger partial charge in [0.05, 0.1) is 12.5 Å². The molecule has 0 aromatic heterocycles. The highest BCUT2D eigenvalue weighted by Gasteiger charge is 2.48. The minimum atomic E-state index is -0.836. The topological polar surface area (TPSA) is 55.8 Å². The average Bonchev–Trinajstić information content (AvgIpc) is 2.52. The highest BCUT2D eigenvalue weighted by Crippen LogP contribution is 2.49. The van der Waals surface area contributed by atoms with E-state index >= 15 is 0 Å². The third-order valence-electron chi connectivity index (χ3n) is 4.55. The molecule has 1 saturated carbocycles. The number of carbonyl (C=O) groups is 1. The zero-order valence-corrected chi connectivity index (χ0v) is 13.1. The maximum absolute atomic E-state index is 11.8. The molecule has 1 fully saturated rings. The standard InChI is InChI=1S/C19H20O4/c1-22-17-15(19(18(20)21)11-6-12-19)9-5-10-16(17)23-13-14-7-3-2-4-8-14/h2-5,7-10H,6,11-13H2,1H3,(H,20,21). The summed E-state index contributed by atoms with van der Waals surface area (Å²) in [5, 5.41) is 9.66. The van der Waals surface area contributed by atoms with Crippen LogP contribution in [0.3, 0.4) is 0 Å². The van der Waals surface area contributed by atoms with E-state index in [4.69, 9.17) is 9.47 Å². The molecule has 1 aliphatic rings. The van der Waals surface area contributed by atoms with Gasteiger partial charge < -0.3 is 14.6 Å². The van der Waals surface area contributed by atoms with Crippen LogP contribution in [0.15, 0.2) is 48.5 Å². The van der Waals surface area contributed by atoms with E-state index in [0.717, 1.165) is 12.0 Å². The van der Waals surface area contributed by atoms with Crippen LogP contribution in [0.25, 0.3) is 0 Å². The molecule has 0 radical (unpaired) electrons. The Labute approximate surface area is 135 Å². The molecular weight excluding hydrogens is 292 g/mol. The second-order valence-electron chi connectivity index (χ2n) is 5.85. The van der Waals surface area contributed by atoms with E-state index in [9.17, 15) is 9.90 Å². The van der Waals surface area contributed by atoms with Crippen LogP contribution in [0.5, 0.6) is 11.5 Å². The number of rotatable bonds is 6. The number of hydrogen-bond acceptors (Lipinski definition) is 3. The molecule has 23 heavy (non-hydrogen) atoms. The van der Waals surface area contributed by atoms with Crippen LogP contribution in [0.2, 0.25) is 0 Å². The summed E-state index contributed by atoms with van der Waals surface area (Å²) in [6.07, 6.45) is 2.20. The van der Waals surface area contributed by atoms with Gasteiger partial charge in [0, 0.05) is 5.56 Å². The number of para-hydroxylation sites is 1.